The van der Waals surface area contributed by atoms with Gasteiger partial charge in [0, 0.05) is 31.6 Å². The third-order valence-corrected chi connectivity index (χ3v) is 5.63. The number of amides is 2. The van der Waals surface area contributed by atoms with Crippen molar-refractivity contribution in [1.29, 1.82) is 0 Å². The molecule has 1 unspecified atom stereocenters. The number of nitrogens with zero attached hydrogens (tertiary/aromatic N) is 3. The van der Waals surface area contributed by atoms with Gasteiger partial charge in [-0.2, -0.15) is 5.10 Å². The van der Waals surface area contributed by atoms with Gasteiger partial charge in [-0.25, -0.2) is 0 Å². The molecule has 0 saturated carbocycles. The Labute approximate surface area is 164 Å². The van der Waals surface area contributed by atoms with Crippen LogP contribution in [0.1, 0.15) is 41.5 Å². The Morgan fingerprint density at radius 3 is 2.68 bits per heavy atom. The number of carbonyl (C=O) groups excluding carboxylic acids is 2. The minimum absolute atomic E-state index is 0.112. The molecule has 1 atom stereocenters. The van der Waals surface area contributed by atoms with E-state index < -0.39 is 5.72 Å². The van der Waals surface area contributed by atoms with Gasteiger partial charge in [-0.1, -0.05) is 19.1 Å². The number of rotatable bonds is 3. The molecule has 148 valence electrons. The van der Waals surface area contributed by atoms with E-state index in [-0.39, 0.29) is 17.7 Å². The van der Waals surface area contributed by atoms with Crippen LogP contribution in [0.2, 0.25) is 0 Å². The number of nitrogens with one attached hydrogen (secondary N) is 1. The SMILES string of the molecule is Cc1cc(C)n(CC(C)C(=O)N2CCC3(CC2)NC(=O)c2ccccc2O3)n1. The Hall–Kier alpha value is -2.83. The summed E-state index contributed by atoms with van der Waals surface area (Å²) in [6, 6.07) is 9.29. The largest absolute Gasteiger partial charge is 0.467 e. The minimum atomic E-state index is -0.721. The molecule has 2 aromatic rings. The number of hydrogen-bond donors (Lipinski definition) is 1. The summed E-state index contributed by atoms with van der Waals surface area (Å²) >= 11 is 0. The molecule has 1 aromatic heterocycles. The molecule has 28 heavy (non-hydrogen) atoms. The molecule has 7 nitrogen and oxygen atoms in total. The second kappa shape index (κ2) is 6.96. The van der Waals surface area contributed by atoms with Gasteiger partial charge < -0.3 is 15.0 Å². The molecule has 1 spiro atoms. The molecule has 2 aliphatic heterocycles. The molecule has 1 N–H and O–H groups in total. The molecule has 4 rings (SSSR count). The van der Waals surface area contributed by atoms with Crippen molar-refractivity contribution < 1.29 is 14.3 Å². The van der Waals surface area contributed by atoms with Crippen molar-refractivity contribution in [2.75, 3.05) is 13.1 Å². The maximum atomic E-state index is 12.9. The standard InChI is InChI=1S/C21H26N4O3/c1-14(13-25-16(3)12-15(2)23-25)20(27)24-10-8-21(9-11-24)22-19(26)17-6-4-5-7-18(17)28-21/h4-7,12,14H,8-11,13H2,1-3H3,(H,22,26). The van der Waals surface area contributed by atoms with E-state index in [9.17, 15) is 9.59 Å². The molecular formula is C21H26N4O3. The number of aromatic nitrogens is 2. The Bertz CT molecular complexity index is 912. The predicted molar refractivity (Wildman–Crippen MR) is 104 cm³/mol. The normalized spacial score (nSPS) is 19.0. The van der Waals surface area contributed by atoms with Gasteiger partial charge in [-0.3, -0.25) is 14.3 Å². The summed E-state index contributed by atoms with van der Waals surface area (Å²) in [4.78, 5) is 27.2. The lowest BCUT2D eigenvalue weighted by atomic mass is 9.96. The van der Waals surface area contributed by atoms with Crippen LogP contribution < -0.4 is 10.1 Å². The van der Waals surface area contributed by atoms with Crippen LogP contribution in [0.15, 0.2) is 30.3 Å². The van der Waals surface area contributed by atoms with Gasteiger partial charge in [0.25, 0.3) is 5.91 Å². The Balaban J connectivity index is 1.39. The average molecular weight is 382 g/mol. The van der Waals surface area contributed by atoms with E-state index in [1.165, 1.54) is 0 Å². The molecule has 7 heteroatoms. The zero-order valence-electron chi connectivity index (χ0n) is 16.6. The molecule has 0 radical (unpaired) electrons. The second-order valence-corrected chi connectivity index (χ2v) is 7.88. The third-order valence-electron chi connectivity index (χ3n) is 5.63. The number of aryl methyl sites for hydroxylation is 2. The molecule has 1 saturated heterocycles. The van der Waals surface area contributed by atoms with Crippen LogP contribution in [0.25, 0.3) is 0 Å². The maximum absolute atomic E-state index is 12.9. The van der Waals surface area contributed by atoms with Crippen LogP contribution in [0, 0.1) is 19.8 Å². The quantitative estimate of drug-likeness (QED) is 0.884. The molecule has 1 fully saturated rings. The number of hydrogen-bond acceptors (Lipinski definition) is 4. The third kappa shape index (κ3) is 3.37. The topological polar surface area (TPSA) is 76.5 Å². The smallest absolute Gasteiger partial charge is 0.258 e. The summed E-state index contributed by atoms with van der Waals surface area (Å²) in [6.45, 7) is 7.59. The highest BCUT2D eigenvalue weighted by Crippen LogP contribution is 2.33. The second-order valence-electron chi connectivity index (χ2n) is 7.88. The first-order valence-corrected chi connectivity index (χ1v) is 9.77. The van der Waals surface area contributed by atoms with Gasteiger partial charge in [0.2, 0.25) is 5.91 Å². The van der Waals surface area contributed by atoms with Crippen LogP contribution in [0.4, 0.5) is 0 Å². The summed E-state index contributed by atoms with van der Waals surface area (Å²) in [5.41, 5.74) is 1.86. The highest BCUT2D eigenvalue weighted by Gasteiger charge is 2.43. The van der Waals surface area contributed by atoms with Crippen molar-refractivity contribution in [2.24, 2.45) is 5.92 Å². The van der Waals surface area contributed by atoms with E-state index in [1.807, 2.05) is 54.6 Å². The fourth-order valence-corrected chi connectivity index (χ4v) is 4.08. The van der Waals surface area contributed by atoms with Gasteiger partial charge >= 0.3 is 0 Å². The summed E-state index contributed by atoms with van der Waals surface area (Å²) in [7, 11) is 0. The first-order chi connectivity index (χ1) is 13.4. The van der Waals surface area contributed by atoms with Crippen LogP contribution in [0.3, 0.4) is 0 Å². The van der Waals surface area contributed by atoms with E-state index in [1.54, 1.807) is 6.07 Å². The minimum Gasteiger partial charge on any atom is -0.467 e. The molecule has 2 aliphatic rings. The van der Waals surface area contributed by atoms with Gasteiger partial charge in [0.05, 0.1) is 23.7 Å². The highest BCUT2D eigenvalue weighted by atomic mass is 16.5. The Morgan fingerprint density at radius 2 is 2.00 bits per heavy atom. The number of benzene rings is 1. The lowest BCUT2D eigenvalue weighted by molar-refractivity contribution is -0.139. The zero-order valence-corrected chi connectivity index (χ0v) is 16.6. The summed E-state index contributed by atoms with van der Waals surface area (Å²) in [6.07, 6.45) is 1.15. The van der Waals surface area contributed by atoms with Crippen LogP contribution in [-0.2, 0) is 11.3 Å². The monoisotopic (exact) mass is 382 g/mol. The van der Waals surface area contributed by atoms with Crippen molar-refractivity contribution in [1.82, 2.24) is 20.0 Å². The van der Waals surface area contributed by atoms with E-state index >= 15 is 0 Å². The summed E-state index contributed by atoms with van der Waals surface area (Å²) in [5, 5.41) is 7.47. The van der Waals surface area contributed by atoms with Crippen molar-refractivity contribution in [3.63, 3.8) is 0 Å². The highest BCUT2D eigenvalue weighted by molar-refractivity contribution is 5.98. The maximum Gasteiger partial charge on any atom is 0.258 e. The van der Waals surface area contributed by atoms with Gasteiger partial charge in [0.15, 0.2) is 5.72 Å². The zero-order chi connectivity index (χ0) is 19.9. The van der Waals surface area contributed by atoms with Crippen LogP contribution in [0.5, 0.6) is 5.75 Å². The summed E-state index contributed by atoms with van der Waals surface area (Å²) in [5.74, 6) is 0.461. The van der Waals surface area contributed by atoms with E-state index in [2.05, 4.69) is 10.4 Å². The average Bonchev–Trinajstić information content (AvgIpc) is 2.98. The van der Waals surface area contributed by atoms with Crippen LogP contribution in [-0.4, -0.2) is 45.3 Å². The lowest BCUT2D eigenvalue weighted by Gasteiger charge is -2.44. The number of likely N-dealkylation sites (tertiary alicyclic amines) is 1. The Morgan fingerprint density at radius 1 is 1.29 bits per heavy atom. The van der Waals surface area contributed by atoms with Crippen LogP contribution >= 0.6 is 0 Å². The molecule has 0 aliphatic carbocycles. The van der Waals surface area contributed by atoms with E-state index in [4.69, 9.17) is 4.74 Å². The van der Waals surface area contributed by atoms with Crippen molar-refractivity contribution >= 4 is 11.8 Å². The first-order valence-electron chi connectivity index (χ1n) is 9.77. The molecule has 3 heterocycles. The number of carbonyl (C=O) groups is 2. The van der Waals surface area contributed by atoms with E-state index in [0.717, 1.165) is 11.4 Å². The fraction of sp³-hybridized carbons (Fsp3) is 0.476. The predicted octanol–water partition coefficient (Wildman–Crippen LogP) is 2.28. The fourth-order valence-electron chi connectivity index (χ4n) is 4.08. The Kier molecular flexibility index (Phi) is 4.61. The van der Waals surface area contributed by atoms with Gasteiger partial charge in [0.1, 0.15) is 5.75 Å². The lowest BCUT2D eigenvalue weighted by Crippen LogP contribution is -2.61. The number of para-hydroxylation sites is 1. The number of piperidine rings is 1. The van der Waals surface area contributed by atoms with E-state index in [0.29, 0.717) is 43.8 Å². The van der Waals surface area contributed by atoms with Crippen molar-refractivity contribution in [3.05, 3.63) is 47.3 Å². The summed E-state index contributed by atoms with van der Waals surface area (Å²) < 4.78 is 8.04. The number of fused-ring (bicyclic) bond motifs is 1. The molecule has 1 aromatic carbocycles. The number of ether oxygens (including phenoxy) is 1. The molecular weight excluding hydrogens is 356 g/mol. The van der Waals surface area contributed by atoms with Gasteiger partial charge in [-0.15, -0.1) is 0 Å². The van der Waals surface area contributed by atoms with Crippen molar-refractivity contribution in [2.45, 2.75) is 45.9 Å². The van der Waals surface area contributed by atoms with Gasteiger partial charge in [-0.05, 0) is 32.0 Å². The molecule has 0 bridgehead atoms. The van der Waals surface area contributed by atoms with Crippen molar-refractivity contribution in [3.8, 4) is 5.75 Å². The first kappa shape index (κ1) is 18.5. The molecule has 2 amide bonds.